The highest BCUT2D eigenvalue weighted by Crippen LogP contribution is 2.16. The van der Waals surface area contributed by atoms with E-state index in [4.69, 9.17) is 0 Å². The Balaban J connectivity index is 2.07. The van der Waals surface area contributed by atoms with Crippen molar-refractivity contribution >= 4 is 5.91 Å². The maximum Gasteiger partial charge on any atom is 0.293 e. The van der Waals surface area contributed by atoms with E-state index >= 15 is 0 Å². The number of aromatic amines is 1. The zero-order valence-electron chi connectivity index (χ0n) is 9.16. The van der Waals surface area contributed by atoms with Crippen molar-refractivity contribution in [3.63, 3.8) is 0 Å². The fourth-order valence-electron chi connectivity index (χ4n) is 1.95. The van der Waals surface area contributed by atoms with Crippen molar-refractivity contribution < 1.29 is 4.79 Å². The Morgan fingerprint density at radius 1 is 1.60 bits per heavy atom. The maximum absolute atomic E-state index is 11.9. The van der Waals surface area contributed by atoms with Crippen LogP contribution in [0.15, 0.2) is 0 Å². The number of hydrogen-bond acceptors (Lipinski definition) is 3. The quantitative estimate of drug-likeness (QED) is 0.748. The number of carbonyl (C=O) groups is 1. The third-order valence-corrected chi connectivity index (χ3v) is 2.73. The number of aromatic nitrogens is 3. The molecular formula is C10H16N4O. The molecule has 0 saturated carbocycles. The lowest BCUT2D eigenvalue weighted by Gasteiger charge is -2.29. The molecule has 1 aromatic heterocycles. The number of likely N-dealkylation sites (tertiary alicyclic amines) is 1. The van der Waals surface area contributed by atoms with E-state index in [9.17, 15) is 4.79 Å². The molecule has 1 aliphatic heterocycles. The number of H-pyrrole nitrogens is 1. The van der Waals surface area contributed by atoms with Gasteiger partial charge in [-0.25, -0.2) is 4.98 Å². The van der Waals surface area contributed by atoms with Gasteiger partial charge in [-0.3, -0.25) is 9.89 Å². The molecule has 0 aromatic carbocycles. The van der Waals surface area contributed by atoms with Gasteiger partial charge in [-0.15, -0.1) is 5.10 Å². The van der Waals surface area contributed by atoms with Crippen molar-refractivity contribution in [1.82, 2.24) is 20.1 Å². The van der Waals surface area contributed by atoms with Crippen LogP contribution in [-0.4, -0.2) is 39.1 Å². The Labute approximate surface area is 88.9 Å². The monoisotopic (exact) mass is 208 g/mol. The van der Waals surface area contributed by atoms with Gasteiger partial charge in [0.1, 0.15) is 5.82 Å². The molecule has 1 fully saturated rings. The molecule has 1 aromatic rings. The van der Waals surface area contributed by atoms with E-state index in [1.807, 2.05) is 4.90 Å². The van der Waals surface area contributed by atoms with Crippen molar-refractivity contribution in [1.29, 1.82) is 0 Å². The van der Waals surface area contributed by atoms with E-state index < -0.39 is 0 Å². The minimum Gasteiger partial charge on any atom is -0.336 e. The summed E-state index contributed by atoms with van der Waals surface area (Å²) < 4.78 is 0. The van der Waals surface area contributed by atoms with Crippen LogP contribution in [0.2, 0.25) is 0 Å². The molecular weight excluding hydrogens is 192 g/mol. The van der Waals surface area contributed by atoms with Gasteiger partial charge in [0, 0.05) is 13.1 Å². The molecule has 0 spiro atoms. The van der Waals surface area contributed by atoms with E-state index in [-0.39, 0.29) is 5.91 Å². The molecule has 1 unspecified atom stereocenters. The average molecular weight is 208 g/mol. The fraction of sp³-hybridized carbons (Fsp3) is 0.700. The van der Waals surface area contributed by atoms with Crippen LogP contribution < -0.4 is 0 Å². The first-order valence-electron chi connectivity index (χ1n) is 5.35. The highest BCUT2D eigenvalue weighted by atomic mass is 16.2. The molecule has 5 nitrogen and oxygen atoms in total. The van der Waals surface area contributed by atoms with Crippen LogP contribution in [-0.2, 0) is 0 Å². The zero-order chi connectivity index (χ0) is 10.8. The van der Waals surface area contributed by atoms with Crippen LogP contribution >= 0.6 is 0 Å². The average Bonchev–Trinajstić information content (AvgIpc) is 2.64. The van der Waals surface area contributed by atoms with Gasteiger partial charge in [-0.2, -0.15) is 0 Å². The van der Waals surface area contributed by atoms with Crippen LogP contribution in [0.5, 0.6) is 0 Å². The van der Waals surface area contributed by atoms with Crippen molar-refractivity contribution in [2.75, 3.05) is 13.1 Å². The van der Waals surface area contributed by atoms with Crippen LogP contribution in [0.4, 0.5) is 0 Å². The van der Waals surface area contributed by atoms with Crippen LogP contribution in [0.25, 0.3) is 0 Å². The molecule has 1 saturated heterocycles. The summed E-state index contributed by atoms with van der Waals surface area (Å²) in [5.41, 5.74) is 0. The van der Waals surface area contributed by atoms with Crippen molar-refractivity contribution in [2.45, 2.75) is 26.7 Å². The Morgan fingerprint density at radius 3 is 3.00 bits per heavy atom. The summed E-state index contributed by atoms with van der Waals surface area (Å²) in [6.07, 6.45) is 2.28. The third kappa shape index (κ3) is 2.16. The molecule has 82 valence electrons. The standard InChI is InChI=1S/C10H16N4O/c1-7-4-3-5-14(6-7)10(15)9-11-8(2)12-13-9/h7H,3-6H2,1-2H3,(H,11,12,13). The number of amides is 1. The minimum absolute atomic E-state index is 0.0501. The predicted octanol–water partition coefficient (Wildman–Crippen LogP) is 0.985. The summed E-state index contributed by atoms with van der Waals surface area (Å²) in [7, 11) is 0. The van der Waals surface area contributed by atoms with Gasteiger partial charge in [-0.05, 0) is 25.7 Å². The molecule has 2 rings (SSSR count). The Bertz CT molecular complexity index is 360. The highest BCUT2D eigenvalue weighted by Gasteiger charge is 2.24. The van der Waals surface area contributed by atoms with Crippen molar-refractivity contribution in [2.24, 2.45) is 5.92 Å². The number of hydrogen-bond donors (Lipinski definition) is 1. The van der Waals surface area contributed by atoms with Crippen LogP contribution in [0.1, 0.15) is 36.2 Å². The van der Waals surface area contributed by atoms with Crippen LogP contribution in [0, 0.1) is 12.8 Å². The van der Waals surface area contributed by atoms with Crippen molar-refractivity contribution in [3.8, 4) is 0 Å². The van der Waals surface area contributed by atoms with Crippen LogP contribution in [0.3, 0.4) is 0 Å². The number of aryl methyl sites for hydroxylation is 1. The zero-order valence-corrected chi connectivity index (χ0v) is 9.16. The number of rotatable bonds is 1. The summed E-state index contributed by atoms with van der Waals surface area (Å²) in [5, 5.41) is 6.58. The maximum atomic E-state index is 11.9. The molecule has 1 aliphatic rings. The van der Waals surface area contributed by atoms with Gasteiger partial charge >= 0.3 is 0 Å². The second-order valence-corrected chi connectivity index (χ2v) is 4.24. The molecule has 0 aliphatic carbocycles. The second kappa shape index (κ2) is 4.00. The summed E-state index contributed by atoms with van der Waals surface area (Å²) >= 11 is 0. The number of nitrogens with zero attached hydrogens (tertiary/aromatic N) is 3. The number of piperidine rings is 1. The Morgan fingerprint density at radius 2 is 2.40 bits per heavy atom. The SMILES string of the molecule is Cc1nc(C(=O)N2CCCC(C)C2)n[nH]1. The summed E-state index contributed by atoms with van der Waals surface area (Å²) in [5.74, 6) is 1.51. The van der Waals surface area contributed by atoms with Gasteiger partial charge in [0.25, 0.3) is 5.91 Å². The lowest BCUT2D eigenvalue weighted by molar-refractivity contribution is 0.0671. The molecule has 1 N–H and O–H groups in total. The van der Waals surface area contributed by atoms with Gasteiger partial charge in [0.2, 0.25) is 5.82 Å². The lowest BCUT2D eigenvalue weighted by atomic mass is 10.0. The molecule has 1 amide bonds. The number of nitrogens with one attached hydrogen (secondary N) is 1. The molecule has 0 radical (unpaired) electrons. The van der Waals surface area contributed by atoms with E-state index in [2.05, 4.69) is 22.1 Å². The largest absolute Gasteiger partial charge is 0.336 e. The fourth-order valence-corrected chi connectivity index (χ4v) is 1.95. The minimum atomic E-state index is -0.0501. The molecule has 1 atom stereocenters. The first kappa shape index (κ1) is 10.1. The van der Waals surface area contributed by atoms with Gasteiger partial charge < -0.3 is 4.90 Å². The number of carbonyl (C=O) groups excluding carboxylic acids is 1. The first-order chi connectivity index (χ1) is 7.16. The summed E-state index contributed by atoms with van der Waals surface area (Å²) in [6, 6.07) is 0. The molecule has 15 heavy (non-hydrogen) atoms. The molecule has 5 heteroatoms. The van der Waals surface area contributed by atoms with E-state index in [1.54, 1.807) is 6.92 Å². The first-order valence-corrected chi connectivity index (χ1v) is 5.35. The Kier molecular flexibility index (Phi) is 2.70. The molecule has 0 bridgehead atoms. The third-order valence-electron chi connectivity index (χ3n) is 2.73. The van der Waals surface area contributed by atoms with E-state index in [0.717, 1.165) is 19.5 Å². The van der Waals surface area contributed by atoms with Gasteiger partial charge in [0.15, 0.2) is 0 Å². The topological polar surface area (TPSA) is 61.9 Å². The summed E-state index contributed by atoms with van der Waals surface area (Å²) in [4.78, 5) is 17.8. The second-order valence-electron chi connectivity index (χ2n) is 4.24. The lowest BCUT2D eigenvalue weighted by Crippen LogP contribution is -2.39. The van der Waals surface area contributed by atoms with E-state index in [1.165, 1.54) is 6.42 Å². The highest BCUT2D eigenvalue weighted by molar-refractivity contribution is 5.90. The summed E-state index contributed by atoms with van der Waals surface area (Å²) in [6.45, 7) is 5.62. The normalized spacial score (nSPS) is 21.7. The van der Waals surface area contributed by atoms with E-state index in [0.29, 0.717) is 17.6 Å². The smallest absolute Gasteiger partial charge is 0.293 e. The predicted molar refractivity (Wildman–Crippen MR) is 55.4 cm³/mol. The van der Waals surface area contributed by atoms with Gasteiger partial charge in [0.05, 0.1) is 0 Å². The van der Waals surface area contributed by atoms with Gasteiger partial charge in [-0.1, -0.05) is 6.92 Å². The Hall–Kier alpha value is -1.39. The molecule has 2 heterocycles. The van der Waals surface area contributed by atoms with Crippen molar-refractivity contribution in [3.05, 3.63) is 11.6 Å².